The zero-order chi connectivity index (χ0) is 13.0. The maximum absolute atomic E-state index is 10.9. The van der Waals surface area contributed by atoms with Crippen molar-refractivity contribution in [1.29, 1.82) is 0 Å². The fraction of sp³-hybridized carbons (Fsp3) is 0.333. The molecule has 1 rings (SSSR count). The quantitative estimate of drug-likeness (QED) is 0.592. The largest absolute Gasteiger partial charge is 0.259 e. The normalized spacial score (nSPS) is 11.9. The van der Waals surface area contributed by atoms with Gasteiger partial charge in [-0.1, -0.05) is 49.2 Å². The maximum Gasteiger partial charge on any atom is 0.247 e. The minimum absolute atomic E-state index is 0.143. The van der Waals surface area contributed by atoms with Crippen LogP contribution in [-0.4, -0.2) is 4.92 Å². The monoisotopic (exact) mass is 273 g/mol. The Morgan fingerprint density at radius 3 is 2.65 bits per heavy atom. The van der Waals surface area contributed by atoms with Gasteiger partial charge in [0, 0.05) is 18.1 Å². The molecule has 0 saturated heterocycles. The van der Waals surface area contributed by atoms with Crippen LogP contribution < -0.4 is 0 Å². The molecule has 0 aliphatic carbocycles. The highest BCUT2D eigenvalue weighted by Gasteiger charge is 2.14. The third-order valence-electron chi connectivity index (χ3n) is 2.16. The lowest BCUT2D eigenvalue weighted by molar-refractivity contribution is -0.427. The van der Waals surface area contributed by atoms with Crippen molar-refractivity contribution in [3.05, 3.63) is 49.6 Å². The lowest BCUT2D eigenvalue weighted by Gasteiger charge is -2.04. The lowest BCUT2D eigenvalue weighted by atomic mass is 10.1. The molecule has 0 heterocycles. The van der Waals surface area contributed by atoms with E-state index in [0.717, 1.165) is 0 Å². The smallest absolute Gasteiger partial charge is 0.247 e. The van der Waals surface area contributed by atoms with Crippen molar-refractivity contribution in [3.8, 4) is 0 Å². The SMILES string of the molecule is CC(C)CC(=Cc1cccc(Cl)c1Cl)[N+](=O)[O-]. The van der Waals surface area contributed by atoms with Gasteiger partial charge in [0.15, 0.2) is 0 Å². The maximum atomic E-state index is 10.9. The first-order valence-corrected chi connectivity index (χ1v) is 5.96. The second-order valence-electron chi connectivity index (χ2n) is 4.13. The Hall–Kier alpha value is -1.06. The van der Waals surface area contributed by atoms with Gasteiger partial charge in [0.1, 0.15) is 0 Å². The van der Waals surface area contributed by atoms with Gasteiger partial charge in [-0.3, -0.25) is 10.1 Å². The molecule has 0 fully saturated rings. The highest BCUT2D eigenvalue weighted by atomic mass is 35.5. The Balaban J connectivity index is 3.13. The fourth-order valence-corrected chi connectivity index (χ4v) is 1.78. The zero-order valence-electron chi connectivity index (χ0n) is 9.61. The number of rotatable bonds is 4. The minimum atomic E-state index is -0.378. The van der Waals surface area contributed by atoms with Crippen molar-refractivity contribution in [2.45, 2.75) is 20.3 Å². The minimum Gasteiger partial charge on any atom is -0.259 e. The average molecular weight is 274 g/mol. The summed E-state index contributed by atoms with van der Waals surface area (Å²) in [6.07, 6.45) is 1.88. The molecule has 0 aromatic heterocycles. The van der Waals surface area contributed by atoms with Crippen molar-refractivity contribution >= 4 is 29.3 Å². The highest BCUT2D eigenvalue weighted by molar-refractivity contribution is 6.42. The van der Waals surface area contributed by atoms with Crippen LogP contribution in [0.25, 0.3) is 6.08 Å². The number of hydrogen-bond acceptors (Lipinski definition) is 2. The van der Waals surface area contributed by atoms with Gasteiger partial charge >= 0.3 is 0 Å². The number of nitrogens with zero attached hydrogens (tertiary/aromatic N) is 1. The average Bonchev–Trinajstić information content (AvgIpc) is 2.22. The molecular weight excluding hydrogens is 261 g/mol. The number of halogens is 2. The molecule has 0 N–H and O–H groups in total. The van der Waals surface area contributed by atoms with Crippen LogP contribution in [0.2, 0.25) is 10.0 Å². The zero-order valence-corrected chi connectivity index (χ0v) is 11.1. The third-order valence-corrected chi connectivity index (χ3v) is 2.99. The number of hydrogen-bond donors (Lipinski definition) is 0. The molecule has 92 valence electrons. The standard InChI is InChI=1S/C12H13Cl2NO2/c1-8(2)6-10(15(16)17)7-9-4-3-5-11(13)12(9)14/h3-5,7-8H,6H2,1-2H3. The molecule has 0 amide bonds. The Bertz CT molecular complexity index is 456. The summed E-state index contributed by atoms with van der Waals surface area (Å²) in [6, 6.07) is 5.07. The summed E-state index contributed by atoms with van der Waals surface area (Å²) >= 11 is 11.8. The molecule has 1 aromatic rings. The molecule has 0 unspecified atom stereocenters. The summed E-state index contributed by atoms with van der Waals surface area (Å²) < 4.78 is 0. The predicted molar refractivity (Wildman–Crippen MR) is 70.9 cm³/mol. The lowest BCUT2D eigenvalue weighted by Crippen LogP contribution is -2.02. The molecule has 0 bridgehead atoms. The van der Waals surface area contributed by atoms with Gasteiger partial charge in [0.2, 0.25) is 5.70 Å². The van der Waals surface area contributed by atoms with Crippen molar-refractivity contribution in [2.75, 3.05) is 0 Å². The first-order valence-electron chi connectivity index (χ1n) is 5.20. The van der Waals surface area contributed by atoms with Crippen molar-refractivity contribution in [3.63, 3.8) is 0 Å². The topological polar surface area (TPSA) is 43.1 Å². The van der Waals surface area contributed by atoms with Gasteiger partial charge in [-0.2, -0.15) is 0 Å². The molecule has 0 saturated carbocycles. The molecule has 0 aliphatic heterocycles. The van der Waals surface area contributed by atoms with E-state index in [0.29, 0.717) is 22.0 Å². The number of nitro groups is 1. The van der Waals surface area contributed by atoms with Crippen LogP contribution in [0.5, 0.6) is 0 Å². The van der Waals surface area contributed by atoms with E-state index in [1.165, 1.54) is 6.08 Å². The van der Waals surface area contributed by atoms with E-state index < -0.39 is 0 Å². The van der Waals surface area contributed by atoms with Gasteiger partial charge in [-0.05, 0) is 12.0 Å². The van der Waals surface area contributed by atoms with E-state index in [9.17, 15) is 10.1 Å². The first-order chi connectivity index (χ1) is 7.91. The van der Waals surface area contributed by atoms with Crippen LogP contribution >= 0.6 is 23.2 Å². The van der Waals surface area contributed by atoms with Crippen molar-refractivity contribution in [2.24, 2.45) is 5.92 Å². The Kier molecular flexibility index (Phi) is 4.97. The molecule has 0 atom stereocenters. The number of benzene rings is 1. The molecule has 5 heteroatoms. The molecule has 17 heavy (non-hydrogen) atoms. The van der Waals surface area contributed by atoms with E-state index in [-0.39, 0.29) is 16.5 Å². The van der Waals surface area contributed by atoms with Crippen LogP contribution in [0.1, 0.15) is 25.8 Å². The molecule has 1 aromatic carbocycles. The molecule has 3 nitrogen and oxygen atoms in total. The first kappa shape index (κ1) is 14.0. The molecule has 0 aliphatic rings. The fourth-order valence-electron chi connectivity index (χ4n) is 1.42. The second kappa shape index (κ2) is 6.03. The van der Waals surface area contributed by atoms with Gasteiger partial charge in [0.05, 0.1) is 15.0 Å². The van der Waals surface area contributed by atoms with E-state index >= 15 is 0 Å². The summed E-state index contributed by atoms with van der Waals surface area (Å²) in [6.45, 7) is 3.85. The number of allylic oxidation sites excluding steroid dienone is 1. The van der Waals surface area contributed by atoms with Crippen LogP contribution in [0.4, 0.5) is 0 Å². The molecular formula is C12H13Cl2NO2. The van der Waals surface area contributed by atoms with E-state index in [4.69, 9.17) is 23.2 Å². The van der Waals surface area contributed by atoms with E-state index in [1.54, 1.807) is 18.2 Å². The van der Waals surface area contributed by atoms with Crippen LogP contribution in [0.15, 0.2) is 23.9 Å². The molecule has 0 radical (unpaired) electrons. The van der Waals surface area contributed by atoms with Crippen molar-refractivity contribution < 1.29 is 4.92 Å². The van der Waals surface area contributed by atoms with Gasteiger partial charge < -0.3 is 0 Å². The summed E-state index contributed by atoms with van der Waals surface area (Å²) in [4.78, 5) is 10.5. The summed E-state index contributed by atoms with van der Waals surface area (Å²) in [5.41, 5.74) is 0.718. The third kappa shape index (κ3) is 4.02. The van der Waals surface area contributed by atoms with E-state index in [2.05, 4.69) is 0 Å². The van der Waals surface area contributed by atoms with Crippen LogP contribution in [0.3, 0.4) is 0 Å². The summed E-state index contributed by atoms with van der Waals surface area (Å²) in [7, 11) is 0. The van der Waals surface area contributed by atoms with Gasteiger partial charge in [-0.25, -0.2) is 0 Å². The van der Waals surface area contributed by atoms with E-state index in [1.807, 2.05) is 13.8 Å². The Labute approximate surface area is 110 Å². The Morgan fingerprint density at radius 2 is 2.12 bits per heavy atom. The summed E-state index contributed by atoms with van der Waals surface area (Å²) in [5, 5.41) is 11.6. The summed E-state index contributed by atoms with van der Waals surface area (Å²) in [5.74, 6) is 0.213. The van der Waals surface area contributed by atoms with Gasteiger partial charge in [-0.15, -0.1) is 0 Å². The van der Waals surface area contributed by atoms with Crippen molar-refractivity contribution in [1.82, 2.24) is 0 Å². The second-order valence-corrected chi connectivity index (χ2v) is 4.92. The highest BCUT2D eigenvalue weighted by Crippen LogP contribution is 2.28. The van der Waals surface area contributed by atoms with Crippen LogP contribution in [0, 0.1) is 16.0 Å². The predicted octanol–water partition coefficient (Wildman–Crippen LogP) is 4.66. The molecule has 0 spiro atoms. The Morgan fingerprint density at radius 1 is 1.47 bits per heavy atom. The van der Waals surface area contributed by atoms with Crippen LogP contribution in [-0.2, 0) is 0 Å². The van der Waals surface area contributed by atoms with Gasteiger partial charge in [0.25, 0.3) is 0 Å².